The lowest BCUT2D eigenvalue weighted by Crippen LogP contribution is -2.28. The molecule has 0 saturated heterocycles. The van der Waals surface area contributed by atoms with Crippen molar-refractivity contribution < 1.29 is 14.1 Å². The molecule has 0 aromatic carbocycles. The van der Waals surface area contributed by atoms with E-state index >= 15 is 0 Å². The third kappa shape index (κ3) is 3.39. The number of rotatable bonds is 5. The number of halogens is 1. The molecule has 2 aromatic heterocycles. The second-order valence-electron chi connectivity index (χ2n) is 5.54. The van der Waals surface area contributed by atoms with Gasteiger partial charge in [-0.05, 0) is 27.7 Å². The molecule has 1 atom stereocenters. The first kappa shape index (κ1) is 18.2. The number of hydrogen-bond acceptors (Lipinski definition) is 6. The van der Waals surface area contributed by atoms with E-state index in [9.17, 15) is 19.3 Å². The molecule has 0 radical (unpaired) electrons. The average Bonchev–Trinajstić information content (AvgIpc) is 2.96. The summed E-state index contributed by atoms with van der Waals surface area (Å²) in [6.45, 7) is 6.16. The number of carbonyl (C=O) groups excluding carboxylic acids is 1. The molecule has 11 heteroatoms. The lowest BCUT2D eigenvalue weighted by molar-refractivity contribution is -0.386. The molecule has 0 aliphatic carbocycles. The van der Waals surface area contributed by atoms with Crippen molar-refractivity contribution in [1.82, 2.24) is 25.0 Å². The van der Waals surface area contributed by atoms with Crippen molar-refractivity contribution in [3.8, 4) is 0 Å². The van der Waals surface area contributed by atoms with E-state index in [2.05, 4.69) is 20.7 Å². The molecule has 10 nitrogen and oxygen atoms in total. The van der Waals surface area contributed by atoms with Crippen LogP contribution in [0.4, 0.5) is 10.1 Å². The fourth-order valence-electron chi connectivity index (χ4n) is 2.45. The van der Waals surface area contributed by atoms with E-state index in [0.29, 0.717) is 5.69 Å². The molecule has 0 aliphatic heterocycles. The zero-order valence-electron chi connectivity index (χ0n) is 14.4. The van der Waals surface area contributed by atoms with Gasteiger partial charge in [0.25, 0.3) is 5.91 Å². The van der Waals surface area contributed by atoms with Crippen LogP contribution in [0.3, 0.4) is 0 Å². The van der Waals surface area contributed by atoms with Crippen molar-refractivity contribution in [3.63, 3.8) is 0 Å². The Hall–Kier alpha value is -3.11. The summed E-state index contributed by atoms with van der Waals surface area (Å²) in [5.74, 6) is -1.11. The standard InChI is InChI=1S/C14H18FN7O3/c1-7-11(13(15)20(5)18-7)6-16-17-14(23)10(4)21-9(3)12(22(24)25)8(2)19-21/h6,10H,1-5H3,(H,17,23)/b16-6+. The van der Waals surface area contributed by atoms with Crippen LogP contribution in [0.25, 0.3) is 0 Å². The first-order valence-corrected chi connectivity index (χ1v) is 7.37. The molecule has 1 amide bonds. The number of aromatic nitrogens is 4. The minimum absolute atomic E-state index is 0.129. The molecule has 1 N–H and O–H groups in total. The Bertz CT molecular complexity index is 868. The molecule has 25 heavy (non-hydrogen) atoms. The molecular weight excluding hydrogens is 333 g/mol. The number of hydrazone groups is 1. The largest absolute Gasteiger partial charge is 0.312 e. The Labute approximate surface area is 142 Å². The fourth-order valence-corrected chi connectivity index (χ4v) is 2.45. The van der Waals surface area contributed by atoms with Crippen molar-refractivity contribution in [2.24, 2.45) is 12.1 Å². The predicted octanol–water partition coefficient (Wildman–Crippen LogP) is 1.30. The van der Waals surface area contributed by atoms with Crippen molar-refractivity contribution in [3.05, 3.63) is 38.7 Å². The summed E-state index contributed by atoms with van der Waals surface area (Å²) >= 11 is 0. The van der Waals surface area contributed by atoms with E-state index < -0.39 is 22.8 Å². The van der Waals surface area contributed by atoms with Crippen molar-refractivity contribution >= 4 is 17.8 Å². The lowest BCUT2D eigenvalue weighted by atomic mass is 10.3. The van der Waals surface area contributed by atoms with Crippen LogP contribution < -0.4 is 5.43 Å². The van der Waals surface area contributed by atoms with Gasteiger partial charge in [-0.25, -0.2) is 10.1 Å². The van der Waals surface area contributed by atoms with Gasteiger partial charge in [-0.2, -0.15) is 19.7 Å². The molecule has 2 heterocycles. The fraction of sp³-hybridized carbons (Fsp3) is 0.429. The topological polar surface area (TPSA) is 120 Å². The van der Waals surface area contributed by atoms with Crippen LogP contribution in [0.15, 0.2) is 5.10 Å². The summed E-state index contributed by atoms with van der Waals surface area (Å²) in [5.41, 5.74) is 3.23. The van der Waals surface area contributed by atoms with E-state index in [1.54, 1.807) is 6.92 Å². The van der Waals surface area contributed by atoms with Gasteiger partial charge in [0.2, 0.25) is 5.95 Å². The predicted molar refractivity (Wildman–Crippen MR) is 86.7 cm³/mol. The zero-order chi connectivity index (χ0) is 18.9. The Morgan fingerprint density at radius 1 is 1.36 bits per heavy atom. The minimum atomic E-state index is -0.829. The van der Waals surface area contributed by atoms with Gasteiger partial charge in [-0.1, -0.05) is 0 Å². The van der Waals surface area contributed by atoms with Crippen LogP contribution >= 0.6 is 0 Å². The van der Waals surface area contributed by atoms with Crippen LogP contribution in [-0.4, -0.2) is 36.6 Å². The van der Waals surface area contributed by atoms with E-state index in [1.165, 1.54) is 32.5 Å². The first-order chi connectivity index (χ1) is 11.6. The summed E-state index contributed by atoms with van der Waals surface area (Å²) in [7, 11) is 1.45. The van der Waals surface area contributed by atoms with Crippen LogP contribution in [-0.2, 0) is 11.8 Å². The van der Waals surface area contributed by atoms with Crippen LogP contribution in [0.1, 0.15) is 35.6 Å². The van der Waals surface area contributed by atoms with Crippen molar-refractivity contribution in [2.75, 3.05) is 0 Å². The summed E-state index contributed by atoms with van der Waals surface area (Å²) in [6, 6.07) is -0.829. The van der Waals surface area contributed by atoms with Crippen LogP contribution in [0.5, 0.6) is 0 Å². The van der Waals surface area contributed by atoms with Gasteiger partial charge in [0.15, 0.2) is 0 Å². The van der Waals surface area contributed by atoms with Gasteiger partial charge in [0, 0.05) is 7.05 Å². The summed E-state index contributed by atoms with van der Waals surface area (Å²) in [4.78, 5) is 22.7. The molecule has 134 valence electrons. The maximum atomic E-state index is 13.8. The molecule has 2 rings (SSSR count). The van der Waals surface area contributed by atoms with Gasteiger partial charge in [0.1, 0.15) is 17.4 Å². The Balaban J connectivity index is 2.15. The molecule has 1 unspecified atom stereocenters. The molecule has 0 spiro atoms. The Kier molecular flexibility index (Phi) is 4.95. The second kappa shape index (κ2) is 6.79. The number of aryl methyl sites for hydroxylation is 3. The highest BCUT2D eigenvalue weighted by Crippen LogP contribution is 2.24. The van der Waals surface area contributed by atoms with E-state index in [1.807, 2.05) is 0 Å². The number of carbonyl (C=O) groups is 1. The molecule has 2 aromatic rings. The Morgan fingerprint density at radius 2 is 2.00 bits per heavy atom. The Morgan fingerprint density at radius 3 is 2.48 bits per heavy atom. The van der Waals surface area contributed by atoms with E-state index in [-0.39, 0.29) is 22.6 Å². The molecule has 0 aliphatic rings. The third-order valence-corrected chi connectivity index (χ3v) is 3.78. The van der Waals surface area contributed by atoms with Gasteiger partial charge in [-0.3, -0.25) is 19.6 Å². The molecule has 0 bridgehead atoms. The van der Waals surface area contributed by atoms with Gasteiger partial charge in [0.05, 0.1) is 22.4 Å². The quantitative estimate of drug-likeness (QED) is 0.494. The minimum Gasteiger partial charge on any atom is -0.271 e. The van der Waals surface area contributed by atoms with E-state index in [4.69, 9.17) is 0 Å². The summed E-state index contributed by atoms with van der Waals surface area (Å²) in [6.07, 6.45) is 1.16. The number of amides is 1. The van der Waals surface area contributed by atoms with Crippen molar-refractivity contribution in [2.45, 2.75) is 33.7 Å². The van der Waals surface area contributed by atoms with Gasteiger partial charge in [-0.15, -0.1) is 0 Å². The van der Waals surface area contributed by atoms with Crippen LogP contribution in [0.2, 0.25) is 0 Å². The number of hydrogen-bond donors (Lipinski definition) is 1. The van der Waals surface area contributed by atoms with Gasteiger partial charge < -0.3 is 0 Å². The molecular formula is C14H18FN7O3. The maximum Gasteiger partial charge on any atom is 0.312 e. The second-order valence-corrected chi connectivity index (χ2v) is 5.54. The highest BCUT2D eigenvalue weighted by atomic mass is 19.1. The number of nitrogens with zero attached hydrogens (tertiary/aromatic N) is 6. The average molecular weight is 351 g/mol. The van der Waals surface area contributed by atoms with E-state index in [0.717, 1.165) is 10.9 Å². The summed E-state index contributed by atoms with van der Waals surface area (Å²) in [5, 5.41) is 22.7. The third-order valence-electron chi connectivity index (χ3n) is 3.78. The number of nitrogens with one attached hydrogen (secondary N) is 1. The first-order valence-electron chi connectivity index (χ1n) is 7.37. The molecule has 0 saturated carbocycles. The highest BCUT2D eigenvalue weighted by Gasteiger charge is 2.26. The monoisotopic (exact) mass is 351 g/mol. The maximum absolute atomic E-state index is 13.8. The lowest BCUT2D eigenvalue weighted by Gasteiger charge is -2.11. The van der Waals surface area contributed by atoms with Crippen LogP contribution in [0, 0.1) is 36.8 Å². The molecule has 0 fully saturated rings. The smallest absolute Gasteiger partial charge is 0.271 e. The summed E-state index contributed by atoms with van der Waals surface area (Å²) < 4.78 is 16.1. The highest BCUT2D eigenvalue weighted by molar-refractivity contribution is 5.84. The SMILES string of the molecule is Cc1nn(C)c(F)c1/C=N/NC(=O)C(C)n1nc(C)c([N+](=O)[O-])c1C. The van der Waals surface area contributed by atoms with Crippen molar-refractivity contribution in [1.29, 1.82) is 0 Å². The number of nitro groups is 1. The normalized spacial score (nSPS) is 12.6. The zero-order valence-corrected chi connectivity index (χ0v) is 14.4. The van der Waals surface area contributed by atoms with Gasteiger partial charge >= 0.3 is 5.69 Å².